The maximum Gasteiger partial charge on any atom is 0.129 e. The summed E-state index contributed by atoms with van der Waals surface area (Å²) in [5.74, 6) is 0.501. The van der Waals surface area contributed by atoms with Crippen LogP contribution in [0.15, 0.2) is 48.5 Å². The van der Waals surface area contributed by atoms with E-state index < -0.39 is 0 Å². The van der Waals surface area contributed by atoms with Gasteiger partial charge in [-0.15, -0.1) is 0 Å². The molecule has 0 aliphatic carbocycles. The van der Waals surface area contributed by atoms with Crippen molar-refractivity contribution in [3.05, 3.63) is 59.9 Å². The van der Waals surface area contributed by atoms with E-state index in [1.165, 1.54) is 18.2 Å². The Labute approximate surface area is 92.9 Å². The van der Waals surface area contributed by atoms with E-state index in [1.54, 1.807) is 30.3 Å². The second-order valence-corrected chi connectivity index (χ2v) is 3.37. The second-order valence-electron chi connectivity index (χ2n) is 3.37. The molecule has 0 aliphatic rings. The Morgan fingerprint density at radius 2 is 1.69 bits per heavy atom. The van der Waals surface area contributed by atoms with E-state index in [9.17, 15) is 4.39 Å². The predicted molar refractivity (Wildman–Crippen MR) is 58.8 cm³/mol. The normalized spacial score (nSPS) is 10.1. The van der Waals surface area contributed by atoms with Gasteiger partial charge in [0.05, 0.1) is 0 Å². The number of benzene rings is 2. The SMILES string of the molecule is Oc1ccc(OCc2ccccc2F)cc1. The van der Waals surface area contributed by atoms with Gasteiger partial charge in [-0.2, -0.15) is 0 Å². The molecule has 2 aromatic rings. The van der Waals surface area contributed by atoms with Crippen molar-refractivity contribution in [3.8, 4) is 11.5 Å². The molecule has 2 nitrogen and oxygen atoms in total. The number of phenols is 1. The highest BCUT2D eigenvalue weighted by Crippen LogP contribution is 2.17. The lowest BCUT2D eigenvalue weighted by Crippen LogP contribution is -1.97. The second kappa shape index (κ2) is 4.66. The summed E-state index contributed by atoms with van der Waals surface area (Å²) in [7, 11) is 0. The summed E-state index contributed by atoms with van der Waals surface area (Å²) in [5, 5.41) is 9.07. The van der Waals surface area contributed by atoms with Gasteiger partial charge in [-0.05, 0) is 30.3 Å². The molecule has 0 fully saturated rings. The summed E-state index contributed by atoms with van der Waals surface area (Å²) in [6.07, 6.45) is 0. The Morgan fingerprint density at radius 3 is 2.38 bits per heavy atom. The van der Waals surface area contributed by atoms with Crippen LogP contribution in [0.1, 0.15) is 5.56 Å². The minimum Gasteiger partial charge on any atom is -0.508 e. The van der Waals surface area contributed by atoms with E-state index in [0.717, 1.165) is 0 Å². The lowest BCUT2D eigenvalue weighted by Gasteiger charge is -2.06. The molecule has 82 valence electrons. The Kier molecular flexibility index (Phi) is 3.05. The van der Waals surface area contributed by atoms with Crippen LogP contribution in [0.2, 0.25) is 0 Å². The standard InChI is InChI=1S/C13H11FO2/c14-13-4-2-1-3-10(13)9-16-12-7-5-11(15)6-8-12/h1-8,15H,9H2. The number of rotatable bonds is 3. The van der Waals surface area contributed by atoms with Crippen molar-refractivity contribution >= 4 is 0 Å². The fraction of sp³-hybridized carbons (Fsp3) is 0.0769. The van der Waals surface area contributed by atoms with Crippen LogP contribution in [0.4, 0.5) is 4.39 Å². The first-order valence-electron chi connectivity index (χ1n) is 4.91. The first-order chi connectivity index (χ1) is 7.75. The Balaban J connectivity index is 2.02. The first-order valence-corrected chi connectivity index (χ1v) is 4.91. The zero-order chi connectivity index (χ0) is 11.4. The van der Waals surface area contributed by atoms with Gasteiger partial charge in [0.2, 0.25) is 0 Å². The molecular weight excluding hydrogens is 207 g/mol. The molecule has 0 aromatic heterocycles. The molecule has 0 amide bonds. The summed E-state index contributed by atoms with van der Waals surface area (Å²) in [4.78, 5) is 0. The molecule has 2 rings (SSSR count). The van der Waals surface area contributed by atoms with E-state index in [2.05, 4.69) is 0 Å². The maximum atomic E-state index is 13.2. The van der Waals surface area contributed by atoms with Gasteiger partial charge >= 0.3 is 0 Å². The molecule has 0 radical (unpaired) electrons. The number of hydrogen-bond acceptors (Lipinski definition) is 2. The molecule has 0 aliphatic heterocycles. The van der Waals surface area contributed by atoms with Gasteiger partial charge in [0.1, 0.15) is 23.9 Å². The Bertz CT molecular complexity index is 466. The third kappa shape index (κ3) is 2.51. The summed E-state index contributed by atoms with van der Waals surface area (Å²) in [6.45, 7) is 0.178. The molecule has 0 unspecified atom stereocenters. The Morgan fingerprint density at radius 1 is 1.00 bits per heavy atom. The van der Waals surface area contributed by atoms with Crippen molar-refractivity contribution in [2.24, 2.45) is 0 Å². The zero-order valence-electron chi connectivity index (χ0n) is 8.56. The fourth-order valence-electron chi connectivity index (χ4n) is 1.32. The summed E-state index contributed by atoms with van der Waals surface area (Å²) in [6, 6.07) is 12.8. The van der Waals surface area contributed by atoms with Crippen LogP contribution in [0.5, 0.6) is 11.5 Å². The predicted octanol–water partition coefficient (Wildman–Crippen LogP) is 3.11. The molecular formula is C13H11FO2. The van der Waals surface area contributed by atoms with E-state index in [4.69, 9.17) is 9.84 Å². The van der Waals surface area contributed by atoms with Crippen molar-refractivity contribution in [1.82, 2.24) is 0 Å². The molecule has 0 bridgehead atoms. The largest absolute Gasteiger partial charge is 0.508 e. The van der Waals surface area contributed by atoms with Gasteiger partial charge in [0.25, 0.3) is 0 Å². The first kappa shape index (κ1) is 10.5. The van der Waals surface area contributed by atoms with E-state index in [-0.39, 0.29) is 18.2 Å². The highest BCUT2D eigenvalue weighted by Gasteiger charge is 2.01. The number of ether oxygens (including phenoxy) is 1. The van der Waals surface area contributed by atoms with Gasteiger partial charge in [0.15, 0.2) is 0 Å². The average molecular weight is 218 g/mol. The van der Waals surface area contributed by atoms with Crippen LogP contribution < -0.4 is 4.74 Å². The van der Waals surface area contributed by atoms with Gasteiger partial charge in [0, 0.05) is 5.56 Å². The summed E-state index contributed by atoms with van der Waals surface area (Å²) >= 11 is 0. The molecule has 3 heteroatoms. The maximum absolute atomic E-state index is 13.2. The van der Waals surface area contributed by atoms with E-state index in [0.29, 0.717) is 11.3 Å². The van der Waals surface area contributed by atoms with Crippen molar-refractivity contribution in [2.45, 2.75) is 6.61 Å². The third-order valence-electron chi connectivity index (χ3n) is 2.19. The molecule has 0 atom stereocenters. The van der Waals surface area contributed by atoms with Crippen molar-refractivity contribution in [1.29, 1.82) is 0 Å². The summed E-state index contributed by atoms with van der Waals surface area (Å²) in [5.41, 5.74) is 0.510. The van der Waals surface area contributed by atoms with Gasteiger partial charge in [-0.1, -0.05) is 18.2 Å². The quantitative estimate of drug-likeness (QED) is 0.857. The number of hydrogen-bond donors (Lipinski definition) is 1. The number of halogens is 1. The monoisotopic (exact) mass is 218 g/mol. The van der Waals surface area contributed by atoms with Gasteiger partial charge in [-0.3, -0.25) is 0 Å². The van der Waals surface area contributed by atoms with E-state index >= 15 is 0 Å². The number of phenolic OH excluding ortho intramolecular Hbond substituents is 1. The van der Waals surface area contributed by atoms with Crippen LogP contribution in [-0.4, -0.2) is 5.11 Å². The minimum atomic E-state index is -0.277. The number of aromatic hydroxyl groups is 1. The van der Waals surface area contributed by atoms with Crippen LogP contribution >= 0.6 is 0 Å². The highest BCUT2D eigenvalue weighted by molar-refractivity contribution is 5.30. The van der Waals surface area contributed by atoms with E-state index in [1.807, 2.05) is 0 Å². The van der Waals surface area contributed by atoms with Crippen LogP contribution in [0.3, 0.4) is 0 Å². The third-order valence-corrected chi connectivity index (χ3v) is 2.19. The van der Waals surface area contributed by atoms with Crippen LogP contribution in [0.25, 0.3) is 0 Å². The van der Waals surface area contributed by atoms with Crippen molar-refractivity contribution < 1.29 is 14.2 Å². The van der Waals surface area contributed by atoms with Crippen LogP contribution in [-0.2, 0) is 6.61 Å². The smallest absolute Gasteiger partial charge is 0.129 e. The van der Waals surface area contributed by atoms with Crippen molar-refractivity contribution in [2.75, 3.05) is 0 Å². The van der Waals surface area contributed by atoms with Crippen LogP contribution in [0, 0.1) is 5.82 Å². The van der Waals surface area contributed by atoms with Crippen molar-refractivity contribution in [3.63, 3.8) is 0 Å². The molecule has 16 heavy (non-hydrogen) atoms. The minimum absolute atomic E-state index is 0.178. The molecule has 0 spiro atoms. The summed E-state index contributed by atoms with van der Waals surface area (Å²) < 4.78 is 18.6. The zero-order valence-corrected chi connectivity index (χ0v) is 8.56. The molecule has 0 saturated heterocycles. The molecule has 0 heterocycles. The van der Waals surface area contributed by atoms with Gasteiger partial charge < -0.3 is 9.84 Å². The molecule has 1 N–H and O–H groups in total. The molecule has 2 aromatic carbocycles. The average Bonchev–Trinajstić information content (AvgIpc) is 2.30. The molecule has 0 saturated carbocycles. The lowest BCUT2D eigenvalue weighted by atomic mass is 10.2. The lowest BCUT2D eigenvalue weighted by molar-refractivity contribution is 0.299. The Hall–Kier alpha value is -2.03. The highest BCUT2D eigenvalue weighted by atomic mass is 19.1. The topological polar surface area (TPSA) is 29.5 Å². The van der Waals surface area contributed by atoms with Gasteiger partial charge in [-0.25, -0.2) is 4.39 Å². The fourth-order valence-corrected chi connectivity index (χ4v) is 1.32.